The summed E-state index contributed by atoms with van der Waals surface area (Å²) in [4.78, 5) is 26.3. The van der Waals surface area contributed by atoms with Crippen molar-refractivity contribution < 1.29 is 22.5 Å². The summed E-state index contributed by atoms with van der Waals surface area (Å²) in [7, 11) is -2.34. The van der Waals surface area contributed by atoms with Gasteiger partial charge in [0, 0.05) is 19.2 Å². The van der Waals surface area contributed by atoms with Crippen LogP contribution in [0.4, 0.5) is 10.1 Å². The minimum absolute atomic E-state index is 0.0962. The van der Waals surface area contributed by atoms with Crippen LogP contribution < -0.4 is 4.80 Å². The van der Waals surface area contributed by atoms with Crippen molar-refractivity contribution in [2.45, 2.75) is 4.90 Å². The third-order valence-electron chi connectivity index (χ3n) is 3.71. The standard InChI is InChI=1S/C16H12FN3O5S2/c1-19-13-7-4-11(20(22)23)8-14(13)26-16(19)18-15(21)9-27(24,25)12-5-2-10(17)3-6-12/h2-8H,9H2,1H3. The third-order valence-corrected chi connectivity index (χ3v) is 6.42. The van der Waals surface area contributed by atoms with Crippen LogP contribution in [0.5, 0.6) is 0 Å². The van der Waals surface area contributed by atoms with Gasteiger partial charge in [-0.15, -0.1) is 0 Å². The maximum absolute atomic E-state index is 12.9. The Hall–Kier alpha value is -2.92. The van der Waals surface area contributed by atoms with Crippen LogP contribution in [-0.4, -0.2) is 29.6 Å². The SMILES string of the molecule is Cn1c(=NC(=O)CS(=O)(=O)c2ccc(F)cc2)sc2cc([N+](=O)[O-])ccc21. The van der Waals surface area contributed by atoms with Crippen LogP contribution in [-0.2, 0) is 21.7 Å². The lowest BCUT2D eigenvalue weighted by Gasteiger charge is -2.01. The number of non-ortho nitro benzene ring substituents is 1. The van der Waals surface area contributed by atoms with E-state index in [9.17, 15) is 27.7 Å². The van der Waals surface area contributed by atoms with Gasteiger partial charge in [0.25, 0.3) is 11.6 Å². The lowest BCUT2D eigenvalue weighted by atomic mass is 10.3. The van der Waals surface area contributed by atoms with Crippen molar-refractivity contribution in [1.29, 1.82) is 0 Å². The van der Waals surface area contributed by atoms with Crippen molar-refractivity contribution in [3.8, 4) is 0 Å². The van der Waals surface area contributed by atoms with E-state index in [1.54, 1.807) is 11.6 Å². The number of nitrogens with zero attached hydrogens (tertiary/aromatic N) is 3. The molecule has 0 aliphatic heterocycles. The number of sulfone groups is 1. The van der Waals surface area contributed by atoms with E-state index in [4.69, 9.17) is 0 Å². The lowest BCUT2D eigenvalue weighted by Crippen LogP contribution is -2.19. The molecule has 0 saturated carbocycles. The predicted molar refractivity (Wildman–Crippen MR) is 96.5 cm³/mol. The fraction of sp³-hybridized carbons (Fsp3) is 0.125. The van der Waals surface area contributed by atoms with Crippen LogP contribution in [0.25, 0.3) is 10.2 Å². The largest absolute Gasteiger partial charge is 0.319 e. The molecule has 1 heterocycles. The monoisotopic (exact) mass is 409 g/mol. The Morgan fingerprint density at radius 2 is 1.93 bits per heavy atom. The van der Waals surface area contributed by atoms with Crippen molar-refractivity contribution in [2.75, 3.05) is 5.75 Å². The molecule has 27 heavy (non-hydrogen) atoms. The van der Waals surface area contributed by atoms with Crippen molar-refractivity contribution in [2.24, 2.45) is 12.0 Å². The number of thiazole rings is 1. The Morgan fingerprint density at radius 1 is 1.26 bits per heavy atom. The van der Waals surface area contributed by atoms with E-state index in [2.05, 4.69) is 4.99 Å². The van der Waals surface area contributed by atoms with E-state index in [0.717, 1.165) is 35.6 Å². The highest BCUT2D eigenvalue weighted by molar-refractivity contribution is 7.92. The molecule has 1 aromatic heterocycles. The molecule has 0 bridgehead atoms. The third kappa shape index (κ3) is 3.93. The molecule has 140 valence electrons. The summed E-state index contributed by atoms with van der Waals surface area (Å²) in [6.45, 7) is 0. The molecule has 0 fully saturated rings. The summed E-state index contributed by atoms with van der Waals surface area (Å²) in [5.41, 5.74) is 0.527. The Bertz CT molecular complexity index is 1230. The number of nitro benzene ring substituents is 1. The first-order valence-electron chi connectivity index (χ1n) is 7.47. The van der Waals surface area contributed by atoms with Crippen molar-refractivity contribution in [1.82, 2.24) is 4.57 Å². The number of carbonyl (C=O) groups excluding carboxylic acids is 1. The molecule has 1 amide bonds. The van der Waals surface area contributed by atoms with E-state index in [1.165, 1.54) is 18.2 Å². The first-order valence-corrected chi connectivity index (χ1v) is 9.94. The summed E-state index contributed by atoms with van der Waals surface area (Å²) >= 11 is 1.03. The van der Waals surface area contributed by atoms with E-state index in [0.29, 0.717) is 10.2 Å². The molecule has 11 heteroatoms. The summed E-state index contributed by atoms with van der Waals surface area (Å²) in [5.74, 6) is -2.35. The normalized spacial score (nSPS) is 12.4. The quantitative estimate of drug-likeness (QED) is 0.372. The number of aryl methyl sites for hydroxylation is 1. The van der Waals surface area contributed by atoms with E-state index >= 15 is 0 Å². The zero-order valence-electron chi connectivity index (χ0n) is 13.8. The number of hydrogen-bond acceptors (Lipinski definition) is 6. The molecular weight excluding hydrogens is 397 g/mol. The number of benzene rings is 2. The number of amides is 1. The van der Waals surface area contributed by atoms with Gasteiger partial charge in [-0.05, 0) is 30.3 Å². The second-order valence-corrected chi connectivity index (χ2v) is 8.57. The van der Waals surface area contributed by atoms with Gasteiger partial charge in [0.1, 0.15) is 11.6 Å². The molecule has 0 unspecified atom stereocenters. The molecule has 3 rings (SSSR count). The van der Waals surface area contributed by atoms with Gasteiger partial charge in [0.2, 0.25) is 0 Å². The van der Waals surface area contributed by atoms with Gasteiger partial charge in [-0.25, -0.2) is 12.8 Å². The van der Waals surface area contributed by atoms with E-state index in [1.807, 2.05) is 0 Å². The summed E-state index contributed by atoms with van der Waals surface area (Å²) in [6, 6.07) is 8.37. The Morgan fingerprint density at radius 3 is 2.56 bits per heavy atom. The molecule has 0 aliphatic rings. The number of rotatable bonds is 4. The van der Waals surface area contributed by atoms with Crippen LogP contribution in [0.15, 0.2) is 52.4 Å². The smallest absolute Gasteiger partial charge is 0.270 e. The van der Waals surface area contributed by atoms with E-state index in [-0.39, 0.29) is 15.4 Å². The number of hydrogen-bond donors (Lipinski definition) is 0. The van der Waals surface area contributed by atoms with Crippen LogP contribution >= 0.6 is 11.3 Å². The highest BCUT2D eigenvalue weighted by Crippen LogP contribution is 2.22. The van der Waals surface area contributed by atoms with Crippen molar-refractivity contribution in [3.63, 3.8) is 0 Å². The molecular formula is C16H12FN3O5S2. The summed E-state index contributed by atoms with van der Waals surface area (Å²) in [5, 5.41) is 10.9. The van der Waals surface area contributed by atoms with Crippen LogP contribution in [0.3, 0.4) is 0 Å². The Kier molecular flexibility index (Phi) is 4.89. The van der Waals surface area contributed by atoms with Gasteiger partial charge in [-0.3, -0.25) is 14.9 Å². The predicted octanol–water partition coefficient (Wildman–Crippen LogP) is 2.19. The second kappa shape index (κ2) is 7.00. The first kappa shape index (κ1) is 18.9. The number of carbonyl (C=O) groups is 1. The van der Waals surface area contributed by atoms with Gasteiger partial charge < -0.3 is 4.57 Å². The average Bonchev–Trinajstić information content (AvgIpc) is 2.90. The Balaban J connectivity index is 1.94. The fourth-order valence-electron chi connectivity index (χ4n) is 2.37. The average molecular weight is 409 g/mol. The second-order valence-electron chi connectivity index (χ2n) is 5.57. The molecule has 0 radical (unpaired) electrons. The number of aromatic nitrogens is 1. The van der Waals surface area contributed by atoms with Gasteiger partial charge in [0.05, 0.1) is 20.0 Å². The molecule has 0 atom stereocenters. The zero-order chi connectivity index (χ0) is 19.8. The number of halogens is 1. The van der Waals surface area contributed by atoms with Gasteiger partial charge in [0.15, 0.2) is 14.6 Å². The van der Waals surface area contributed by atoms with Crippen LogP contribution in [0.1, 0.15) is 0 Å². The minimum atomic E-state index is -3.96. The first-order chi connectivity index (χ1) is 12.7. The summed E-state index contributed by atoms with van der Waals surface area (Å²) < 4.78 is 39.5. The maximum atomic E-state index is 12.9. The van der Waals surface area contributed by atoms with Crippen molar-refractivity contribution >= 4 is 43.0 Å². The Labute approximate surface area is 156 Å². The van der Waals surface area contributed by atoms with E-state index < -0.39 is 32.2 Å². The van der Waals surface area contributed by atoms with Gasteiger partial charge in [-0.1, -0.05) is 11.3 Å². The topological polar surface area (TPSA) is 112 Å². The molecule has 2 aromatic carbocycles. The maximum Gasteiger partial charge on any atom is 0.270 e. The molecule has 3 aromatic rings. The van der Waals surface area contributed by atoms with Crippen LogP contribution in [0.2, 0.25) is 0 Å². The number of fused-ring (bicyclic) bond motifs is 1. The van der Waals surface area contributed by atoms with Gasteiger partial charge in [-0.2, -0.15) is 4.99 Å². The van der Waals surface area contributed by atoms with Crippen molar-refractivity contribution in [3.05, 3.63) is 63.2 Å². The highest BCUT2D eigenvalue weighted by Gasteiger charge is 2.19. The lowest BCUT2D eigenvalue weighted by molar-refractivity contribution is -0.384. The number of nitro groups is 1. The summed E-state index contributed by atoms with van der Waals surface area (Å²) in [6.07, 6.45) is 0. The fourth-order valence-corrected chi connectivity index (χ4v) is 4.55. The molecule has 8 nitrogen and oxygen atoms in total. The minimum Gasteiger partial charge on any atom is -0.319 e. The molecule has 0 spiro atoms. The molecule has 0 N–H and O–H groups in total. The highest BCUT2D eigenvalue weighted by atomic mass is 32.2. The zero-order valence-corrected chi connectivity index (χ0v) is 15.5. The van der Waals surface area contributed by atoms with Crippen LogP contribution in [0, 0.1) is 15.9 Å². The van der Waals surface area contributed by atoms with Gasteiger partial charge >= 0.3 is 0 Å². The molecule has 0 saturated heterocycles. The molecule has 0 aliphatic carbocycles.